The number of carbonyl (C=O) groups excluding carboxylic acids is 1. The van der Waals surface area contributed by atoms with Crippen molar-refractivity contribution in [2.45, 2.75) is 32.2 Å². The van der Waals surface area contributed by atoms with Crippen LogP contribution in [0.2, 0.25) is 0 Å². The Morgan fingerprint density at radius 2 is 2.23 bits per heavy atom. The van der Waals surface area contributed by atoms with Crippen LogP contribution in [0.5, 0.6) is 0 Å². The molecular weight excluding hydrogens is 172 g/mol. The molecule has 0 aromatic rings. The second-order valence-corrected chi connectivity index (χ2v) is 3.53. The summed E-state index contributed by atoms with van der Waals surface area (Å²) in [7, 11) is 1.53. The third-order valence-corrected chi connectivity index (χ3v) is 2.42. The number of carbonyl (C=O) groups is 1. The van der Waals surface area contributed by atoms with E-state index in [-0.39, 0.29) is 17.8 Å². The van der Waals surface area contributed by atoms with Gasteiger partial charge in [-0.2, -0.15) is 0 Å². The van der Waals surface area contributed by atoms with Crippen molar-refractivity contribution in [1.29, 1.82) is 0 Å². The number of hydrogen-bond donors (Lipinski definition) is 1. The summed E-state index contributed by atoms with van der Waals surface area (Å²) in [6, 6.07) is 0. The Labute approximate surface area is 77.8 Å². The second-order valence-electron chi connectivity index (χ2n) is 3.53. The van der Waals surface area contributed by atoms with Gasteiger partial charge in [0.15, 0.2) is 5.78 Å². The number of aliphatic hydroxyl groups is 1. The number of aliphatic hydroxyl groups excluding tert-OH is 1. The van der Waals surface area contributed by atoms with Crippen LogP contribution in [0.1, 0.15) is 13.8 Å². The van der Waals surface area contributed by atoms with E-state index in [9.17, 15) is 9.90 Å². The van der Waals surface area contributed by atoms with Gasteiger partial charge in [0.1, 0.15) is 12.2 Å². The van der Waals surface area contributed by atoms with E-state index in [2.05, 4.69) is 0 Å². The summed E-state index contributed by atoms with van der Waals surface area (Å²) < 4.78 is 10.3. The average Bonchev–Trinajstić information content (AvgIpc) is 2.04. The lowest BCUT2D eigenvalue weighted by molar-refractivity contribution is -0.178. The Bertz CT molecular complexity index is 192. The molecule has 0 radical (unpaired) electrons. The lowest BCUT2D eigenvalue weighted by Crippen LogP contribution is -2.52. The van der Waals surface area contributed by atoms with Crippen LogP contribution in [0.25, 0.3) is 0 Å². The molecule has 4 nitrogen and oxygen atoms in total. The van der Waals surface area contributed by atoms with Gasteiger partial charge < -0.3 is 14.6 Å². The highest BCUT2D eigenvalue weighted by Gasteiger charge is 2.39. The molecule has 0 aromatic heterocycles. The summed E-state index contributed by atoms with van der Waals surface area (Å²) in [5.74, 6) is -0.0305. The third-order valence-electron chi connectivity index (χ3n) is 2.42. The topological polar surface area (TPSA) is 55.8 Å². The van der Waals surface area contributed by atoms with Crippen molar-refractivity contribution in [3.63, 3.8) is 0 Å². The van der Waals surface area contributed by atoms with Crippen LogP contribution in [-0.4, -0.2) is 42.9 Å². The van der Waals surface area contributed by atoms with E-state index in [1.807, 2.05) is 6.92 Å². The molecule has 1 N–H and O–H groups in total. The Morgan fingerprint density at radius 1 is 1.62 bits per heavy atom. The number of hydrogen-bond acceptors (Lipinski definition) is 4. The van der Waals surface area contributed by atoms with Gasteiger partial charge in [0.05, 0.1) is 12.7 Å². The van der Waals surface area contributed by atoms with Crippen molar-refractivity contribution >= 4 is 5.78 Å². The minimum absolute atomic E-state index is 0.121. The van der Waals surface area contributed by atoms with Crippen LogP contribution in [0.15, 0.2) is 0 Å². The first-order valence-corrected chi connectivity index (χ1v) is 4.40. The molecule has 0 bridgehead atoms. The van der Waals surface area contributed by atoms with Crippen molar-refractivity contribution in [3.05, 3.63) is 0 Å². The number of rotatable bonds is 2. The summed E-state index contributed by atoms with van der Waals surface area (Å²) in [6.07, 6.45) is -1.87. The fourth-order valence-electron chi connectivity index (χ4n) is 1.69. The molecule has 1 saturated heterocycles. The lowest BCUT2D eigenvalue weighted by atomic mass is 9.92. The van der Waals surface area contributed by atoms with Crippen LogP contribution in [0.3, 0.4) is 0 Å². The maximum atomic E-state index is 11.0. The fourth-order valence-corrected chi connectivity index (χ4v) is 1.69. The normalized spacial score (nSPS) is 40.3. The Hall–Kier alpha value is -0.450. The Morgan fingerprint density at radius 3 is 2.69 bits per heavy atom. The summed E-state index contributed by atoms with van der Waals surface area (Å²) in [6.45, 7) is 3.80. The molecule has 13 heavy (non-hydrogen) atoms. The molecule has 0 spiro atoms. The van der Waals surface area contributed by atoms with Crippen molar-refractivity contribution in [2.24, 2.45) is 5.92 Å². The molecule has 1 heterocycles. The number of methoxy groups -OCH3 is 1. The van der Waals surface area contributed by atoms with E-state index in [1.165, 1.54) is 14.0 Å². The molecule has 4 atom stereocenters. The zero-order chi connectivity index (χ0) is 10.0. The van der Waals surface area contributed by atoms with Crippen LogP contribution in [-0.2, 0) is 14.3 Å². The van der Waals surface area contributed by atoms with Crippen LogP contribution in [0, 0.1) is 5.92 Å². The SMILES string of the molecule is COC1C(C)COC(C(C)=O)C1O. The van der Waals surface area contributed by atoms with E-state index in [4.69, 9.17) is 9.47 Å². The second kappa shape index (κ2) is 4.17. The highest BCUT2D eigenvalue weighted by atomic mass is 16.5. The maximum absolute atomic E-state index is 11.0. The average molecular weight is 188 g/mol. The Balaban J connectivity index is 2.69. The molecule has 1 rings (SSSR count). The zero-order valence-electron chi connectivity index (χ0n) is 8.19. The van der Waals surface area contributed by atoms with Gasteiger partial charge in [0.2, 0.25) is 0 Å². The van der Waals surface area contributed by atoms with Gasteiger partial charge in [-0.3, -0.25) is 4.79 Å². The molecule has 4 unspecified atom stereocenters. The van der Waals surface area contributed by atoms with Crippen molar-refractivity contribution in [3.8, 4) is 0 Å². The first kappa shape index (κ1) is 10.6. The number of ketones is 1. The minimum Gasteiger partial charge on any atom is -0.387 e. The standard InChI is InChI=1S/C9H16O4/c1-5-4-13-9(6(2)10)7(11)8(5)12-3/h5,7-9,11H,4H2,1-3H3. The maximum Gasteiger partial charge on any atom is 0.161 e. The van der Waals surface area contributed by atoms with Gasteiger partial charge in [0, 0.05) is 13.0 Å². The molecule has 0 aromatic carbocycles. The summed E-state index contributed by atoms with van der Waals surface area (Å²) in [4.78, 5) is 11.0. The summed E-state index contributed by atoms with van der Waals surface area (Å²) in [5.41, 5.74) is 0. The van der Waals surface area contributed by atoms with E-state index in [0.29, 0.717) is 6.61 Å². The van der Waals surface area contributed by atoms with E-state index in [1.54, 1.807) is 0 Å². The first-order valence-electron chi connectivity index (χ1n) is 4.40. The molecule has 1 aliphatic rings. The highest BCUT2D eigenvalue weighted by molar-refractivity contribution is 5.81. The molecule has 0 saturated carbocycles. The lowest BCUT2D eigenvalue weighted by Gasteiger charge is -2.36. The fraction of sp³-hybridized carbons (Fsp3) is 0.889. The van der Waals surface area contributed by atoms with E-state index < -0.39 is 12.2 Å². The van der Waals surface area contributed by atoms with Crippen molar-refractivity contribution < 1.29 is 19.4 Å². The first-order chi connectivity index (χ1) is 6.07. The third kappa shape index (κ3) is 2.07. The Kier molecular flexibility index (Phi) is 3.41. The molecule has 0 amide bonds. The van der Waals surface area contributed by atoms with Crippen LogP contribution in [0.4, 0.5) is 0 Å². The molecule has 4 heteroatoms. The smallest absolute Gasteiger partial charge is 0.161 e. The number of ether oxygens (including phenoxy) is 2. The molecular formula is C9H16O4. The van der Waals surface area contributed by atoms with E-state index in [0.717, 1.165) is 0 Å². The molecule has 1 aliphatic heterocycles. The monoisotopic (exact) mass is 188 g/mol. The van der Waals surface area contributed by atoms with Gasteiger partial charge in [-0.1, -0.05) is 6.92 Å². The van der Waals surface area contributed by atoms with Gasteiger partial charge in [-0.25, -0.2) is 0 Å². The van der Waals surface area contributed by atoms with Crippen LogP contribution >= 0.6 is 0 Å². The minimum atomic E-state index is -0.841. The van der Waals surface area contributed by atoms with Gasteiger partial charge in [0.25, 0.3) is 0 Å². The largest absolute Gasteiger partial charge is 0.387 e. The summed E-state index contributed by atoms with van der Waals surface area (Å²) >= 11 is 0. The van der Waals surface area contributed by atoms with E-state index >= 15 is 0 Å². The zero-order valence-corrected chi connectivity index (χ0v) is 8.19. The predicted octanol–water partition coefficient (Wildman–Crippen LogP) is -0.0138. The number of Topliss-reactive ketones (excluding diaryl/α,β-unsaturated/α-hetero) is 1. The summed E-state index contributed by atoms with van der Waals surface area (Å²) in [5, 5.41) is 9.70. The van der Waals surface area contributed by atoms with Gasteiger partial charge >= 0.3 is 0 Å². The quantitative estimate of drug-likeness (QED) is 0.662. The molecule has 1 fully saturated rings. The van der Waals surface area contributed by atoms with Crippen molar-refractivity contribution in [2.75, 3.05) is 13.7 Å². The predicted molar refractivity (Wildman–Crippen MR) is 46.4 cm³/mol. The highest BCUT2D eigenvalue weighted by Crippen LogP contribution is 2.22. The van der Waals surface area contributed by atoms with Crippen LogP contribution < -0.4 is 0 Å². The molecule has 0 aliphatic carbocycles. The van der Waals surface area contributed by atoms with Gasteiger partial charge in [-0.15, -0.1) is 0 Å². The van der Waals surface area contributed by atoms with Gasteiger partial charge in [-0.05, 0) is 6.92 Å². The van der Waals surface area contributed by atoms with Crippen molar-refractivity contribution in [1.82, 2.24) is 0 Å². The molecule has 76 valence electrons.